The van der Waals surface area contributed by atoms with Crippen molar-refractivity contribution in [1.82, 2.24) is 20.1 Å². The van der Waals surface area contributed by atoms with Gasteiger partial charge in [-0.25, -0.2) is 4.98 Å². The second kappa shape index (κ2) is 5.84. The zero-order valence-corrected chi connectivity index (χ0v) is 11.8. The molecule has 1 atom stereocenters. The molecule has 1 unspecified atom stereocenters. The minimum atomic E-state index is 0.245. The molecular weight excluding hydrogens is 240 g/mol. The maximum atomic E-state index is 5.90. The molecule has 0 fully saturated rings. The van der Waals surface area contributed by atoms with E-state index in [-0.39, 0.29) is 6.04 Å². The summed E-state index contributed by atoms with van der Waals surface area (Å²) >= 11 is 0. The fraction of sp³-hybridized carbons (Fsp3) is 0.429. The Morgan fingerprint density at radius 2 is 2.21 bits per heavy atom. The van der Waals surface area contributed by atoms with Crippen LogP contribution in [-0.4, -0.2) is 21.8 Å². The summed E-state index contributed by atoms with van der Waals surface area (Å²) in [4.78, 5) is 4.16. The van der Waals surface area contributed by atoms with E-state index < -0.39 is 0 Å². The van der Waals surface area contributed by atoms with Crippen LogP contribution in [-0.2, 0) is 13.7 Å². The van der Waals surface area contributed by atoms with Gasteiger partial charge in [0.05, 0.1) is 0 Å². The van der Waals surface area contributed by atoms with Gasteiger partial charge < -0.3 is 10.1 Å². The molecule has 0 saturated carbocycles. The fourth-order valence-electron chi connectivity index (χ4n) is 1.87. The van der Waals surface area contributed by atoms with Crippen molar-refractivity contribution < 1.29 is 4.74 Å². The topological polar surface area (TPSA) is 52.0 Å². The summed E-state index contributed by atoms with van der Waals surface area (Å²) in [6, 6.07) is 6.50. The van der Waals surface area contributed by atoms with Crippen molar-refractivity contribution in [1.29, 1.82) is 0 Å². The van der Waals surface area contributed by atoms with E-state index in [0.29, 0.717) is 6.61 Å². The standard InChI is InChI=1S/C14H20N4O/c1-10-5-6-12(11(2)15-3)13(7-10)19-8-14-16-9-17-18(14)4/h5-7,9,11,15H,8H2,1-4H3. The number of hydrogen-bond acceptors (Lipinski definition) is 4. The average molecular weight is 260 g/mol. The van der Waals surface area contributed by atoms with Crippen molar-refractivity contribution in [2.45, 2.75) is 26.5 Å². The highest BCUT2D eigenvalue weighted by Crippen LogP contribution is 2.26. The second-order valence-electron chi connectivity index (χ2n) is 4.64. The van der Waals surface area contributed by atoms with E-state index in [4.69, 9.17) is 4.74 Å². The van der Waals surface area contributed by atoms with Crippen LogP contribution in [0.25, 0.3) is 0 Å². The first-order valence-corrected chi connectivity index (χ1v) is 6.35. The van der Waals surface area contributed by atoms with Gasteiger partial charge in [0.25, 0.3) is 0 Å². The summed E-state index contributed by atoms with van der Waals surface area (Å²) in [5.74, 6) is 1.70. The molecule has 1 N–H and O–H groups in total. The maximum absolute atomic E-state index is 5.90. The van der Waals surface area contributed by atoms with Gasteiger partial charge in [0.2, 0.25) is 0 Å². The molecule has 0 amide bonds. The minimum absolute atomic E-state index is 0.245. The molecule has 0 saturated heterocycles. The average Bonchev–Trinajstić information content (AvgIpc) is 2.81. The Balaban J connectivity index is 2.19. The Labute approximate surface area is 113 Å². The molecule has 5 heteroatoms. The minimum Gasteiger partial charge on any atom is -0.485 e. The van der Waals surface area contributed by atoms with Crippen LogP contribution in [0.4, 0.5) is 0 Å². The lowest BCUT2D eigenvalue weighted by molar-refractivity contribution is 0.284. The molecule has 0 spiro atoms. The Morgan fingerprint density at radius 3 is 2.84 bits per heavy atom. The normalized spacial score (nSPS) is 12.4. The number of ether oxygens (including phenoxy) is 1. The fourth-order valence-corrected chi connectivity index (χ4v) is 1.87. The largest absolute Gasteiger partial charge is 0.485 e. The highest BCUT2D eigenvalue weighted by molar-refractivity contribution is 5.39. The first-order valence-electron chi connectivity index (χ1n) is 6.35. The van der Waals surface area contributed by atoms with E-state index in [1.807, 2.05) is 14.1 Å². The first kappa shape index (κ1) is 13.5. The van der Waals surface area contributed by atoms with Gasteiger partial charge in [0.15, 0.2) is 5.82 Å². The molecule has 1 heterocycles. The van der Waals surface area contributed by atoms with Crippen molar-refractivity contribution >= 4 is 0 Å². The van der Waals surface area contributed by atoms with Gasteiger partial charge in [-0.3, -0.25) is 4.68 Å². The molecular formula is C14H20N4O. The van der Waals surface area contributed by atoms with Gasteiger partial charge in [0.1, 0.15) is 18.7 Å². The zero-order chi connectivity index (χ0) is 13.8. The molecule has 19 heavy (non-hydrogen) atoms. The van der Waals surface area contributed by atoms with Gasteiger partial charge in [-0.05, 0) is 32.5 Å². The number of nitrogens with zero attached hydrogens (tertiary/aromatic N) is 3. The lowest BCUT2D eigenvalue weighted by atomic mass is 10.1. The molecule has 0 radical (unpaired) electrons. The van der Waals surface area contributed by atoms with Crippen LogP contribution in [0.5, 0.6) is 5.75 Å². The third kappa shape index (κ3) is 3.12. The smallest absolute Gasteiger partial charge is 0.164 e. The number of hydrogen-bond donors (Lipinski definition) is 1. The summed E-state index contributed by atoms with van der Waals surface area (Å²) in [6.07, 6.45) is 1.53. The van der Waals surface area contributed by atoms with Gasteiger partial charge in [0, 0.05) is 18.7 Å². The number of benzene rings is 1. The lowest BCUT2D eigenvalue weighted by Gasteiger charge is -2.17. The summed E-state index contributed by atoms with van der Waals surface area (Å²) in [5, 5.41) is 7.27. The SMILES string of the molecule is CNC(C)c1ccc(C)cc1OCc1ncnn1C. The molecule has 102 valence electrons. The molecule has 1 aromatic carbocycles. The van der Waals surface area contributed by atoms with Crippen LogP contribution in [0.3, 0.4) is 0 Å². The number of nitrogens with one attached hydrogen (secondary N) is 1. The van der Waals surface area contributed by atoms with Crippen LogP contribution in [0.1, 0.15) is 29.9 Å². The Hall–Kier alpha value is -1.88. The van der Waals surface area contributed by atoms with Gasteiger partial charge in [-0.2, -0.15) is 5.10 Å². The first-order chi connectivity index (χ1) is 9.11. The van der Waals surface area contributed by atoms with Gasteiger partial charge in [-0.1, -0.05) is 12.1 Å². The number of aromatic nitrogens is 3. The van der Waals surface area contributed by atoms with E-state index in [2.05, 4.69) is 47.4 Å². The predicted molar refractivity (Wildman–Crippen MR) is 74.0 cm³/mol. The molecule has 0 aliphatic heterocycles. The Bertz CT molecular complexity index is 550. The summed E-state index contributed by atoms with van der Waals surface area (Å²) in [5.41, 5.74) is 2.33. The third-order valence-corrected chi connectivity index (χ3v) is 3.23. The maximum Gasteiger partial charge on any atom is 0.164 e. The predicted octanol–water partition coefficient (Wildman–Crippen LogP) is 1.98. The van der Waals surface area contributed by atoms with Crippen LogP contribution in [0.15, 0.2) is 24.5 Å². The Kier molecular flexibility index (Phi) is 4.16. The second-order valence-corrected chi connectivity index (χ2v) is 4.64. The summed E-state index contributed by atoms with van der Waals surface area (Å²) < 4.78 is 7.62. The molecule has 2 aromatic rings. The zero-order valence-electron chi connectivity index (χ0n) is 11.8. The third-order valence-electron chi connectivity index (χ3n) is 3.23. The van der Waals surface area contributed by atoms with Crippen LogP contribution >= 0.6 is 0 Å². The van der Waals surface area contributed by atoms with Gasteiger partial charge >= 0.3 is 0 Å². The number of rotatable bonds is 5. The van der Waals surface area contributed by atoms with Crippen LogP contribution < -0.4 is 10.1 Å². The van der Waals surface area contributed by atoms with Crippen molar-refractivity contribution in [3.63, 3.8) is 0 Å². The molecule has 2 rings (SSSR count). The van der Waals surface area contributed by atoms with Gasteiger partial charge in [-0.15, -0.1) is 0 Å². The lowest BCUT2D eigenvalue weighted by Crippen LogP contribution is -2.14. The number of aryl methyl sites for hydroxylation is 2. The van der Waals surface area contributed by atoms with Crippen LogP contribution in [0.2, 0.25) is 0 Å². The van der Waals surface area contributed by atoms with Crippen molar-refractivity contribution in [3.05, 3.63) is 41.5 Å². The van der Waals surface area contributed by atoms with E-state index >= 15 is 0 Å². The highest BCUT2D eigenvalue weighted by atomic mass is 16.5. The summed E-state index contributed by atoms with van der Waals surface area (Å²) in [6.45, 7) is 4.59. The molecule has 0 aliphatic carbocycles. The Morgan fingerprint density at radius 1 is 1.42 bits per heavy atom. The van der Waals surface area contributed by atoms with Crippen molar-refractivity contribution in [3.8, 4) is 5.75 Å². The molecule has 0 aliphatic rings. The summed E-state index contributed by atoms with van der Waals surface area (Å²) in [7, 11) is 3.80. The van der Waals surface area contributed by atoms with Crippen molar-refractivity contribution in [2.75, 3.05) is 7.05 Å². The molecule has 0 bridgehead atoms. The van der Waals surface area contributed by atoms with Crippen molar-refractivity contribution in [2.24, 2.45) is 7.05 Å². The van der Waals surface area contributed by atoms with Crippen LogP contribution in [0, 0.1) is 6.92 Å². The van der Waals surface area contributed by atoms with E-state index in [0.717, 1.165) is 17.1 Å². The van der Waals surface area contributed by atoms with E-state index in [1.165, 1.54) is 11.9 Å². The highest BCUT2D eigenvalue weighted by Gasteiger charge is 2.11. The quantitative estimate of drug-likeness (QED) is 0.893. The molecule has 1 aromatic heterocycles. The van der Waals surface area contributed by atoms with E-state index in [1.54, 1.807) is 4.68 Å². The monoisotopic (exact) mass is 260 g/mol. The van der Waals surface area contributed by atoms with E-state index in [9.17, 15) is 0 Å². The molecule has 5 nitrogen and oxygen atoms in total.